The third-order valence-corrected chi connectivity index (χ3v) is 3.39. The van der Waals surface area contributed by atoms with Gasteiger partial charge in [-0.1, -0.05) is 26.8 Å². The van der Waals surface area contributed by atoms with Crippen LogP contribution in [-0.4, -0.2) is 21.9 Å². The van der Waals surface area contributed by atoms with Gasteiger partial charge in [0.1, 0.15) is 0 Å². The molecule has 0 fully saturated rings. The van der Waals surface area contributed by atoms with Gasteiger partial charge in [0, 0.05) is 12.5 Å². The summed E-state index contributed by atoms with van der Waals surface area (Å²) in [7, 11) is 1.70. The Kier molecular flexibility index (Phi) is 3.21. The van der Waals surface area contributed by atoms with E-state index in [1.165, 1.54) is 16.0 Å². The molecule has 96 valence electrons. The first-order valence-corrected chi connectivity index (χ1v) is 6.55. The van der Waals surface area contributed by atoms with Crippen LogP contribution < -0.4 is 11.0 Å². The molecule has 0 unspecified atom stereocenters. The van der Waals surface area contributed by atoms with E-state index in [1.54, 1.807) is 7.05 Å². The predicted octanol–water partition coefficient (Wildman–Crippen LogP) is 1.84. The van der Waals surface area contributed by atoms with Gasteiger partial charge >= 0.3 is 0 Å². The summed E-state index contributed by atoms with van der Waals surface area (Å²) in [5.74, 6) is 0.621. The Labute approximate surface area is 109 Å². The number of rotatable bonds is 2. The molecule has 18 heavy (non-hydrogen) atoms. The first-order valence-electron chi connectivity index (χ1n) is 5.67. The minimum atomic E-state index is -0.247. The van der Waals surface area contributed by atoms with Crippen molar-refractivity contribution in [3.8, 4) is 10.6 Å². The molecular weight excluding hydrogens is 248 g/mol. The molecule has 0 saturated carbocycles. The molecule has 1 N–H and O–H groups in total. The second-order valence-corrected chi connectivity index (χ2v) is 5.91. The summed E-state index contributed by atoms with van der Waals surface area (Å²) in [6.45, 7) is 5.99. The van der Waals surface area contributed by atoms with Crippen LogP contribution in [0.3, 0.4) is 0 Å². The molecule has 0 radical (unpaired) electrons. The Morgan fingerprint density at radius 2 is 2.06 bits per heavy atom. The summed E-state index contributed by atoms with van der Waals surface area (Å²) in [6, 6.07) is 3.76. The summed E-state index contributed by atoms with van der Waals surface area (Å²) in [6.07, 6.45) is 0. The number of aromatic nitrogens is 3. The molecule has 0 saturated heterocycles. The molecule has 2 aromatic rings. The summed E-state index contributed by atoms with van der Waals surface area (Å²) in [5.41, 5.74) is 2.85. The topological polar surface area (TPSA) is 59.8 Å². The Morgan fingerprint density at radius 3 is 2.56 bits per heavy atom. The maximum atomic E-state index is 12.4. The Bertz CT molecular complexity index is 596. The summed E-state index contributed by atoms with van der Waals surface area (Å²) < 4.78 is 1.46. The minimum absolute atomic E-state index is 0.167. The lowest BCUT2D eigenvalue weighted by Gasteiger charge is -2.21. The van der Waals surface area contributed by atoms with Gasteiger partial charge in [-0.25, -0.2) is 4.68 Å². The van der Waals surface area contributed by atoms with Gasteiger partial charge in [-0.05, 0) is 11.4 Å². The fourth-order valence-electron chi connectivity index (χ4n) is 1.65. The van der Waals surface area contributed by atoms with Crippen LogP contribution in [0.4, 0.5) is 0 Å². The maximum absolute atomic E-state index is 12.4. The number of nitrogens with zero attached hydrogens (tertiary/aromatic N) is 3. The van der Waals surface area contributed by atoms with Crippen molar-refractivity contribution in [3.63, 3.8) is 0 Å². The predicted molar refractivity (Wildman–Crippen MR) is 73.6 cm³/mol. The monoisotopic (exact) mass is 264 g/mol. The lowest BCUT2D eigenvalue weighted by Crippen LogP contribution is -2.37. The third-order valence-electron chi connectivity index (χ3n) is 2.51. The molecule has 6 heteroatoms. The average Bonchev–Trinajstić information content (AvgIpc) is 2.80. The summed E-state index contributed by atoms with van der Waals surface area (Å²) in [5, 5.41) is 10.2. The summed E-state index contributed by atoms with van der Waals surface area (Å²) in [4.78, 5) is 13.2. The van der Waals surface area contributed by atoms with Crippen molar-refractivity contribution in [2.75, 3.05) is 12.5 Å². The summed E-state index contributed by atoms with van der Waals surface area (Å²) >= 11 is 1.48. The molecule has 0 spiro atoms. The fourth-order valence-corrected chi connectivity index (χ4v) is 2.35. The average molecular weight is 264 g/mol. The van der Waals surface area contributed by atoms with E-state index in [0.29, 0.717) is 11.5 Å². The van der Waals surface area contributed by atoms with E-state index < -0.39 is 0 Å². The van der Waals surface area contributed by atoms with E-state index in [-0.39, 0.29) is 11.0 Å². The highest BCUT2D eigenvalue weighted by Crippen LogP contribution is 2.21. The molecule has 0 bridgehead atoms. The first-order chi connectivity index (χ1) is 8.45. The van der Waals surface area contributed by atoms with Crippen LogP contribution in [0.2, 0.25) is 0 Å². The molecule has 0 atom stereocenters. The normalized spacial score (nSPS) is 11.6. The van der Waals surface area contributed by atoms with E-state index in [4.69, 9.17) is 0 Å². The third kappa shape index (κ3) is 2.15. The minimum Gasteiger partial charge on any atom is -0.324 e. The zero-order chi connectivity index (χ0) is 13.3. The van der Waals surface area contributed by atoms with Crippen molar-refractivity contribution in [3.05, 3.63) is 33.7 Å². The maximum Gasteiger partial charge on any atom is 0.299 e. The molecule has 2 heterocycles. The van der Waals surface area contributed by atoms with Crippen LogP contribution in [-0.2, 0) is 5.41 Å². The molecular formula is C12H16N4OS. The van der Waals surface area contributed by atoms with Crippen molar-refractivity contribution in [2.24, 2.45) is 0 Å². The second-order valence-electron chi connectivity index (χ2n) is 4.96. The molecule has 0 aliphatic heterocycles. The molecule has 2 rings (SSSR count). The Hall–Kier alpha value is -1.69. The van der Waals surface area contributed by atoms with Gasteiger partial charge < -0.3 is 5.43 Å². The van der Waals surface area contributed by atoms with E-state index in [2.05, 4.69) is 15.6 Å². The molecule has 2 aromatic heterocycles. The highest BCUT2D eigenvalue weighted by atomic mass is 32.1. The highest BCUT2D eigenvalue weighted by Gasteiger charge is 2.23. The van der Waals surface area contributed by atoms with Gasteiger partial charge in [0.25, 0.3) is 5.56 Å². The Morgan fingerprint density at radius 1 is 1.33 bits per heavy atom. The molecule has 0 amide bonds. The fraction of sp³-hybridized carbons (Fsp3) is 0.417. The lowest BCUT2D eigenvalue weighted by atomic mass is 9.96. The van der Waals surface area contributed by atoms with E-state index in [0.717, 1.165) is 4.88 Å². The van der Waals surface area contributed by atoms with Gasteiger partial charge in [-0.15, -0.1) is 21.5 Å². The van der Waals surface area contributed by atoms with E-state index >= 15 is 0 Å². The molecule has 0 aromatic carbocycles. The SMILES string of the molecule is CNn1c(C(C)(C)C)nnc(-c2cccs2)c1=O. The van der Waals surface area contributed by atoms with Crippen molar-refractivity contribution in [1.29, 1.82) is 0 Å². The standard InChI is InChI=1S/C12H16N4OS/c1-12(2,3)11-15-14-9(8-6-5-7-18-8)10(17)16(11)13-4/h5-7,13H,1-4H3. The first kappa shape index (κ1) is 12.8. The van der Waals surface area contributed by atoms with Crippen molar-refractivity contribution in [2.45, 2.75) is 26.2 Å². The van der Waals surface area contributed by atoms with Crippen LogP contribution in [0.1, 0.15) is 26.6 Å². The number of hydrogen-bond donors (Lipinski definition) is 1. The molecule has 0 aliphatic carbocycles. The van der Waals surface area contributed by atoms with E-state index in [1.807, 2.05) is 38.3 Å². The van der Waals surface area contributed by atoms with Crippen molar-refractivity contribution >= 4 is 11.3 Å². The zero-order valence-electron chi connectivity index (χ0n) is 10.9. The second kappa shape index (κ2) is 4.53. The number of nitrogens with one attached hydrogen (secondary N) is 1. The van der Waals surface area contributed by atoms with Crippen LogP contribution in [0.15, 0.2) is 22.3 Å². The smallest absolute Gasteiger partial charge is 0.299 e. The number of hydrogen-bond acceptors (Lipinski definition) is 5. The van der Waals surface area contributed by atoms with Gasteiger partial charge in [0.2, 0.25) is 0 Å². The van der Waals surface area contributed by atoms with Crippen molar-refractivity contribution < 1.29 is 0 Å². The molecule has 0 aliphatic rings. The highest BCUT2D eigenvalue weighted by molar-refractivity contribution is 7.13. The van der Waals surface area contributed by atoms with Crippen LogP contribution >= 0.6 is 11.3 Å². The van der Waals surface area contributed by atoms with Crippen LogP contribution in [0.25, 0.3) is 10.6 Å². The Balaban J connectivity index is 2.66. The zero-order valence-corrected chi connectivity index (χ0v) is 11.7. The van der Waals surface area contributed by atoms with Gasteiger partial charge in [-0.3, -0.25) is 4.79 Å². The molecule has 5 nitrogen and oxygen atoms in total. The van der Waals surface area contributed by atoms with E-state index in [9.17, 15) is 4.79 Å². The quantitative estimate of drug-likeness (QED) is 0.899. The van der Waals surface area contributed by atoms with Crippen LogP contribution in [0.5, 0.6) is 0 Å². The van der Waals surface area contributed by atoms with Crippen molar-refractivity contribution in [1.82, 2.24) is 14.9 Å². The van der Waals surface area contributed by atoms with Crippen LogP contribution in [0, 0.1) is 0 Å². The van der Waals surface area contributed by atoms with Gasteiger partial charge in [0.15, 0.2) is 11.5 Å². The lowest BCUT2D eigenvalue weighted by molar-refractivity contribution is 0.496. The van der Waals surface area contributed by atoms with Gasteiger partial charge in [-0.2, -0.15) is 0 Å². The number of thiophene rings is 1. The van der Waals surface area contributed by atoms with Gasteiger partial charge in [0.05, 0.1) is 4.88 Å². The largest absolute Gasteiger partial charge is 0.324 e.